The van der Waals surface area contributed by atoms with E-state index in [2.05, 4.69) is 30.2 Å². The van der Waals surface area contributed by atoms with E-state index >= 15 is 0 Å². The van der Waals surface area contributed by atoms with Crippen LogP contribution in [0, 0.1) is 0 Å². The van der Waals surface area contributed by atoms with Gasteiger partial charge in [0.1, 0.15) is 0 Å². The van der Waals surface area contributed by atoms with Gasteiger partial charge in [-0.2, -0.15) is 5.10 Å². The van der Waals surface area contributed by atoms with Crippen molar-refractivity contribution in [1.29, 1.82) is 0 Å². The van der Waals surface area contributed by atoms with E-state index in [9.17, 15) is 0 Å². The summed E-state index contributed by atoms with van der Waals surface area (Å²) in [5.74, 6) is 0.464. The summed E-state index contributed by atoms with van der Waals surface area (Å²) in [6.07, 6.45) is 0.989. The predicted molar refractivity (Wildman–Crippen MR) is 67.8 cm³/mol. The number of aromatic nitrogens is 2. The summed E-state index contributed by atoms with van der Waals surface area (Å²) >= 11 is 6.07. The molecule has 0 spiro atoms. The van der Waals surface area contributed by atoms with E-state index in [0.29, 0.717) is 17.6 Å². The van der Waals surface area contributed by atoms with Crippen molar-refractivity contribution in [1.82, 2.24) is 9.78 Å². The van der Waals surface area contributed by atoms with Gasteiger partial charge >= 0.3 is 0 Å². The largest absolute Gasteiger partial charge is 0.330 e. The van der Waals surface area contributed by atoms with E-state index in [4.69, 9.17) is 17.3 Å². The summed E-state index contributed by atoms with van der Waals surface area (Å²) in [5, 5.41) is 5.78. The van der Waals surface area contributed by atoms with Crippen molar-refractivity contribution < 1.29 is 0 Å². The molecule has 0 amide bonds. The van der Waals surface area contributed by atoms with Crippen molar-refractivity contribution in [3.05, 3.63) is 28.9 Å². The molecule has 86 valence electrons. The number of nitrogens with two attached hydrogens (primary N) is 1. The molecule has 0 saturated carbocycles. The van der Waals surface area contributed by atoms with Crippen LogP contribution in [-0.2, 0) is 7.05 Å². The third-order valence-corrected chi connectivity index (χ3v) is 3.28. The van der Waals surface area contributed by atoms with Crippen LogP contribution in [0.25, 0.3) is 10.9 Å². The fourth-order valence-electron chi connectivity index (χ4n) is 1.96. The second kappa shape index (κ2) is 4.44. The Hall–Kier alpha value is -1.06. The van der Waals surface area contributed by atoms with Crippen LogP contribution in [0.2, 0.25) is 5.15 Å². The second-order valence-corrected chi connectivity index (χ2v) is 4.53. The molecule has 0 bridgehead atoms. The van der Waals surface area contributed by atoms with Gasteiger partial charge in [0.05, 0.1) is 5.52 Å². The maximum Gasteiger partial charge on any atom is 0.158 e. The summed E-state index contributed by atoms with van der Waals surface area (Å²) in [6, 6.07) is 6.31. The van der Waals surface area contributed by atoms with Crippen LogP contribution in [0.1, 0.15) is 24.8 Å². The van der Waals surface area contributed by atoms with Crippen molar-refractivity contribution in [3.63, 3.8) is 0 Å². The maximum atomic E-state index is 6.07. The molecular weight excluding hydrogens is 222 g/mol. The van der Waals surface area contributed by atoms with Crippen LogP contribution in [-0.4, -0.2) is 16.3 Å². The highest BCUT2D eigenvalue weighted by Crippen LogP contribution is 2.27. The lowest BCUT2D eigenvalue weighted by atomic mass is 9.97. The minimum absolute atomic E-state index is 0.464. The van der Waals surface area contributed by atoms with Gasteiger partial charge in [0.2, 0.25) is 0 Å². The zero-order valence-corrected chi connectivity index (χ0v) is 10.3. The van der Waals surface area contributed by atoms with Crippen LogP contribution >= 0.6 is 11.6 Å². The Bertz CT molecular complexity index is 504. The highest BCUT2D eigenvalue weighted by Gasteiger charge is 2.10. The minimum atomic E-state index is 0.464. The Kier molecular flexibility index (Phi) is 3.17. The highest BCUT2D eigenvalue weighted by atomic mass is 35.5. The molecule has 3 nitrogen and oxygen atoms in total. The highest BCUT2D eigenvalue weighted by molar-refractivity contribution is 6.34. The van der Waals surface area contributed by atoms with E-state index in [1.165, 1.54) is 5.56 Å². The number of halogens is 1. The molecule has 1 unspecified atom stereocenters. The quantitative estimate of drug-likeness (QED) is 0.892. The van der Waals surface area contributed by atoms with Crippen LogP contribution in [0.15, 0.2) is 18.2 Å². The summed E-state index contributed by atoms with van der Waals surface area (Å²) in [5.41, 5.74) is 7.91. The first-order chi connectivity index (χ1) is 7.63. The lowest BCUT2D eigenvalue weighted by molar-refractivity contribution is 0.691. The Morgan fingerprint density at radius 1 is 1.50 bits per heavy atom. The average Bonchev–Trinajstić information content (AvgIpc) is 2.55. The van der Waals surface area contributed by atoms with Gasteiger partial charge in [0.25, 0.3) is 0 Å². The summed E-state index contributed by atoms with van der Waals surface area (Å²) in [6.45, 7) is 2.89. The first-order valence-corrected chi connectivity index (χ1v) is 5.83. The third-order valence-electron chi connectivity index (χ3n) is 3.00. The predicted octanol–water partition coefficient (Wildman–Crippen LogP) is 2.68. The van der Waals surface area contributed by atoms with Crippen LogP contribution in [0.4, 0.5) is 0 Å². The van der Waals surface area contributed by atoms with Gasteiger partial charge in [0.15, 0.2) is 5.15 Å². The Balaban J connectivity index is 2.47. The zero-order valence-electron chi connectivity index (χ0n) is 9.57. The van der Waals surface area contributed by atoms with E-state index in [1.807, 2.05) is 7.05 Å². The van der Waals surface area contributed by atoms with E-state index in [-0.39, 0.29) is 0 Å². The first kappa shape index (κ1) is 11.4. The van der Waals surface area contributed by atoms with Crippen molar-refractivity contribution in [2.24, 2.45) is 12.8 Å². The van der Waals surface area contributed by atoms with E-state index in [1.54, 1.807) is 4.68 Å². The molecule has 1 atom stereocenters. The first-order valence-electron chi connectivity index (χ1n) is 5.45. The Labute approximate surface area is 100 Å². The van der Waals surface area contributed by atoms with Gasteiger partial charge in [0, 0.05) is 12.4 Å². The zero-order chi connectivity index (χ0) is 11.7. The summed E-state index contributed by atoms with van der Waals surface area (Å²) in [7, 11) is 1.90. The smallest absolute Gasteiger partial charge is 0.158 e. The number of aryl methyl sites for hydroxylation is 1. The molecule has 0 radical (unpaired) electrons. The van der Waals surface area contributed by atoms with Crippen LogP contribution in [0.3, 0.4) is 0 Å². The molecule has 0 fully saturated rings. The number of benzene rings is 1. The topological polar surface area (TPSA) is 43.8 Å². The van der Waals surface area contributed by atoms with Gasteiger partial charge < -0.3 is 5.73 Å². The number of nitrogens with zero attached hydrogens (tertiary/aromatic N) is 2. The normalized spacial score (nSPS) is 13.2. The number of hydrogen-bond acceptors (Lipinski definition) is 2. The van der Waals surface area contributed by atoms with Crippen LogP contribution < -0.4 is 5.73 Å². The average molecular weight is 238 g/mol. The van der Waals surface area contributed by atoms with E-state index < -0.39 is 0 Å². The Morgan fingerprint density at radius 2 is 2.25 bits per heavy atom. The fraction of sp³-hybridized carbons (Fsp3) is 0.417. The van der Waals surface area contributed by atoms with Gasteiger partial charge in [-0.15, -0.1) is 0 Å². The molecule has 0 aliphatic carbocycles. The SMILES string of the molecule is CC(CCN)c1ccc2c(c1)c(Cl)nn2C. The lowest BCUT2D eigenvalue weighted by Gasteiger charge is -2.10. The van der Waals surface area contributed by atoms with Gasteiger partial charge in [-0.3, -0.25) is 4.68 Å². The summed E-state index contributed by atoms with van der Waals surface area (Å²) < 4.78 is 1.80. The third kappa shape index (κ3) is 1.93. The Morgan fingerprint density at radius 3 is 2.94 bits per heavy atom. The van der Waals surface area contributed by atoms with Gasteiger partial charge in [-0.1, -0.05) is 24.6 Å². The molecule has 0 saturated heterocycles. The van der Waals surface area contributed by atoms with Gasteiger partial charge in [-0.25, -0.2) is 0 Å². The minimum Gasteiger partial charge on any atom is -0.330 e. The molecule has 2 rings (SSSR count). The standard InChI is InChI=1S/C12H16ClN3/c1-8(5-6-14)9-3-4-11-10(7-9)12(13)15-16(11)2/h3-4,7-8H,5-6,14H2,1-2H3. The molecule has 1 heterocycles. The number of fused-ring (bicyclic) bond motifs is 1. The van der Waals surface area contributed by atoms with Gasteiger partial charge in [-0.05, 0) is 36.6 Å². The van der Waals surface area contributed by atoms with Crippen molar-refractivity contribution in [2.45, 2.75) is 19.3 Å². The number of rotatable bonds is 3. The molecular formula is C12H16ClN3. The lowest BCUT2D eigenvalue weighted by Crippen LogP contribution is -2.04. The second-order valence-electron chi connectivity index (χ2n) is 4.17. The molecule has 2 N–H and O–H groups in total. The van der Waals surface area contributed by atoms with E-state index in [0.717, 1.165) is 17.3 Å². The fourth-order valence-corrected chi connectivity index (χ4v) is 2.23. The summed E-state index contributed by atoms with van der Waals surface area (Å²) in [4.78, 5) is 0. The molecule has 1 aromatic heterocycles. The van der Waals surface area contributed by atoms with Crippen molar-refractivity contribution >= 4 is 22.5 Å². The van der Waals surface area contributed by atoms with Crippen molar-refractivity contribution in [2.75, 3.05) is 6.54 Å². The molecule has 1 aromatic carbocycles. The maximum absolute atomic E-state index is 6.07. The molecule has 0 aliphatic rings. The molecule has 2 aromatic rings. The van der Waals surface area contributed by atoms with Crippen molar-refractivity contribution in [3.8, 4) is 0 Å². The van der Waals surface area contributed by atoms with Crippen LogP contribution in [0.5, 0.6) is 0 Å². The molecule has 16 heavy (non-hydrogen) atoms. The molecule has 4 heteroatoms. The number of hydrogen-bond donors (Lipinski definition) is 1. The molecule has 0 aliphatic heterocycles. The monoisotopic (exact) mass is 237 g/mol.